The van der Waals surface area contributed by atoms with Crippen molar-refractivity contribution in [2.45, 2.75) is 89.5 Å². The predicted octanol–water partition coefficient (Wildman–Crippen LogP) is 4.55. The van der Waals surface area contributed by atoms with Crippen molar-refractivity contribution in [2.24, 2.45) is 5.92 Å². The lowest BCUT2D eigenvalue weighted by molar-refractivity contribution is 0.0721. The highest BCUT2D eigenvalue weighted by molar-refractivity contribution is 5.94. The van der Waals surface area contributed by atoms with Crippen LogP contribution in [0.3, 0.4) is 0 Å². The molecule has 2 heterocycles. The van der Waals surface area contributed by atoms with Gasteiger partial charge in [-0.1, -0.05) is 31.4 Å². The fourth-order valence-corrected chi connectivity index (χ4v) is 5.77. The molecule has 2 aliphatic carbocycles. The van der Waals surface area contributed by atoms with Crippen molar-refractivity contribution >= 4 is 5.91 Å². The molecule has 2 fully saturated rings. The fourth-order valence-electron chi connectivity index (χ4n) is 5.77. The Balaban J connectivity index is 1.08. The molecule has 2 saturated carbocycles. The Kier molecular flexibility index (Phi) is 9.03. The minimum absolute atomic E-state index is 0.0358. The number of amides is 1. The van der Waals surface area contributed by atoms with E-state index in [2.05, 4.69) is 42.7 Å². The van der Waals surface area contributed by atoms with Crippen molar-refractivity contribution < 1.29 is 4.79 Å². The molecule has 3 aromatic rings. The average Bonchev–Trinajstić information content (AvgIpc) is 3.66. The first kappa shape index (κ1) is 25.7. The number of H-pyrrole nitrogens is 2. The average molecular weight is 504 g/mol. The second-order valence-electron chi connectivity index (χ2n) is 10.8. The number of nitrogens with zero attached hydrogens (tertiary/aromatic N) is 3. The van der Waals surface area contributed by atoms with E-state index in [1.54, 1.807) is 29.7 Å². The summed E-state index contributed by atoms with van der Waals surface area (Å²) in [6.45, 7) is 2.85. The van der Waals surface area contributed by atoms with Crippen molar-refractivity contribution in [2.75, 3.05) is 6.54 Å². The Hall–Kier alpha value is -2.97. The SMILES string of the molecule is O=C(c1ccc(CNC2CCC(NCC3CCCCC3)CC2)cc1)N(Cc1ncc[nH]1)Cc1ncc[nH]1. The van der Waals surface area contributed by atoms with Gasteiger partial charge in [0.2, 0.25) is 0 Å². The summed E-state index contributed by atoms with van der Waals surface area (Å²) in [7, 11) is 0. The van der Waals surface area contributed by atoms with Crippen molar-refractivity contribution in [3.8, 4) is 0 Å². The second kappa shape index (κ2) is 13.0. The minimum Gasteiger partial charge on any atom is -0.347 e. The molecule has 1 aromatic carbocycles. The van der Waals surface area contributed by atoms with Crippen molar-refractivity contribution in [3.05, 3.63) is 71.8 Å². The topological polar surface area (TPSA) is 102 Å². The van der Waals surface area contributed by atoms with E-state index in [0.29, 0.717) is 30.7 Å². The maximum atomic E-state index is 13.3. The zero-order valence-electron chi connectivity index (χ0n) is 21.8. The number of hydrogen-bond acceptors (Lipinski definition) is 5. The minimum atomic E-state index is -0.0358. The van der Waals surface area contributed by atoms with Crippen molar-refractivity contribution in [1.29, 1.82) is 0 Å². The molecule has 4 N–H and O–H groups in total. The predicted molar refractivity (Wildman–Crippen MR) is 145 cm³/mol. The highest BCUT2D eigenvalue weighted by Gasteiger charge is 2.22. The Labute approximate surface area is 220 Å². The lowest BCUT2D eigenvalue weighted by atomic mass is 9.87. The van der Waals surface area contributed by atoms with Crippen LogP contribution in [0, 0.1) is 5.92 Å². The Morgan fingerprint density at radius 1 is 0.811 bits per heavy atom. The lowest BCUT2D eigenvalue weighted by Gasteiger charge is -2.32. The van der Waals surface area contributed by atoms with Gasteiger partial charge < -0.3 is 25.5 Å². The molecular weight excluding hydrogens is 462 g/mol. The molecule has 2 aliphatic rings. The number of imidazole rings is 2. The van der Waals surface area contributed by atoms with Crippen LogP contribution in [0.4, 0.5) is 0 Å². The summed E-state index contributed by atoms with van der Waals surface area (Å²) in [5, 5.41) is 7.61. The molecule has 0 radical (unpaired) electrons. The second-order valence-corrected chi connectivity index (χ2v) is 10.8. The summed E-state index contributed by atoms with van der Waals surface area (Å²) in [4.78, 5) is 29.8. The van der Waals surface area contributed by atoms with Gasteiger partial charge in [0, 0.05) is 49.0 Å². The maximum absolute atomic E-state index is 13.3. The van der Waals surface area contributed by atoms with E-state index in [1.165, 1.54) is 69.9 Å². The van der Waals surface area contributed by atoms with E-state index in [4.69, 9.17) is 0 Å². The largest absolute Gasteiger partial charge is 0.347 e. The molecule has 0 saturated heterocycles. The van der Waals surface area contributed by atoms with Crippen LogP contribution in [-0.2, 0) is 19.6 Å². The van der Waals surface area contributed by atoms with Gasteiger partial charge in [-0.3, -0.25) is 4.79 Å². The Morgan fingerprint density at radius 2 is 1.41 bits per heavy atom. The number of aromatic amines is 2. The number of hydrogen-bond donors (Lipinski definition) is 4. The van der Waals surface area contributed by atoms with E-state index in [0.717, 1.165) is 24.1 Å². The molecular formula is C29H41N7O. The highest BCUT2D eigenvalue weighted by Crippen LogP contribution is 2.24. The first-order valence-corrected chi connectivity index (χ1v) is 14.0. The van der Waals surface area contributed by atoms with Crippen molar-refractivity contribution in [1.82, 2.24) is 35.5 Å². The number of carbonyl (C=O) groups excluding carboxylic acids is 1. The van der Waals surface area contributed by atoms with E-state index < -0.39 is 0 Å². The van der Waals surface area contributed by atoms with Crippen molar-refractivity contribution in [3.63, 3.8) is 0 Å². The third-order valence-electron chi connectivity index (χ3n) is 8.02. The zero-order valence-corrected chi connectivity index (χ0v) is 21.8. The molecule has 8 nitrogen and oxygen atoms in total. The summed E-state index contributed by atoms with van der Waals surface area (Å²) >= 11 is 0. The van der Waals surface area contributed by atoms with Crippen LogP contribution < -0.4 is 10.6 Å². The molecule has 0 aliphatic heterocycles. The van der Waals surface area contributed by atoms with Crippen LogP contribution >= 0.6 is 0 Å². The third kappa shape index (κ3) is 7.52. The highest BCUT2D eigenvalue weighted by atomic mass is 16.2. The van der Waals surface area contributed by atoms with Crippen LogP contribution in [0.25, 0.3) is 0 Å². The smallest absolute Gasteiger partial charge is 0.254 e. The number of aromatic nitrogens is 4. The molecule has 0 bridgehead atoms. The Bertz CT molecular complexity index is 1010. The molecule has 1 amide bonds. The van der Waals surface area contributed by atoms with Crippen LogP contribution in [0.15, 0.2) is 49.1 Å². The van der Waals surface area contributed by atoms with Gasteiger partial charge in [0.15, 0.2) is 0 Å². The normalized spacial score (nSPS) is 20.6. The first-order chi connectivity index (χ1) is 18.2. The Morgan fingerprint density at radius 3 is 1.97 bits per heavy atom. The third-order valence-corrected chi connectivity index (χ3v) is 8.02. The maximum Gasteiger partial charge on any atom is 0.254 e. The summed E-state index contributed by atoms with van der Waals surface area (Å²) in [5.74, 6) is 2.37. The van der Waals surface area contributed by atoms with E-state index in [1.807, 2.05) is 12.1 Å². The van der Waals surface area contributed by atoms with Crippen LogP contribution in [0.2, 0.25) is 0 Å². The summed E-state index contributed by atoms with van der Waals surface area (Å²) in [6, 6.07) is 9.26. The summed E-state index contributed by atoms with van der Waals surface area (Å²) < 4.78 is 0. The summed E-state index contributed by atoms with van der Waals surface area (Å²) in [5.41, 5.74) is 1.88. The molecule has 0 atom stereocenters. The van der Waals surface area contributed by atoms with Gasteiger partial charge in [0.25, 0.3) is 5.91 Å². The van der Waals surface area contributed by atoms with Gasteiger partial charge in [0.05, 0.1) is 13.1 Å². The molecule has 5 rings (SSSR count). The van der Waals surface area contributed by atoms with Crippen LogP contribution in [-0.4, -0.2) is 49.4 Å². The van der Waals surface area contributed by atoms with Gasteiger partial charge in [-0.05, 0) is 68.7 Å². The number of benzene rings is 1. The molecule has 2 aromatic heterocycles. The van der Waals surface area contributed by atoms with E-state index in [9.17, 15) is 4.79 Å². The van der Waals surface area contributed by atoms with E-state index >= 15 is 0 Å². The molecule has 8 heteroatoms. The van der Waals surface area contributed by atoms with Gasteiger partial charge in [0.1, 0.15) is 11.6 Å². The van der Waals surface area contributed by atoms with Gasteiger partial charge in [-0.15, -0.1) is 0 Å². The first-order valence-electron chi connectivity index (χ1n) is 14.0. The van der Waals surface area contributed by atoms with Gasteiger partial charge >= 0.3 is 0 Å². The lowest BCUT2D eigenvalue weighted by Crippen LogP contribution is -2.41. The molecule has 0 spiro atoms. The van der Waals surface area contributed by atoms with Crippen LogP contribution in [0.5, 0.6) is 0 Å². The standard InChI is InChI=1S/C29H41N7O/c37-29(36(20-27-30-14-15-31-27)21-28-32-16-17-33-28)24-8-6-23(7-9-24)19-35-26-12-10-25(11-13-26)34-18-22-4-2-1-3-5-22/h6-9,14-17,22,25-26,34-35H,1-5,10-13,18-21H2,(H,30,31)(H,32,33). The van der Waals surface area contributed by atoms with Gasteiger partial charge in [-0.2, -0.15) is 0 Å². The number of rotatable bonds is 11. The number of nitrogens with one attached hydrogen (secondary N) is 4. The number of carbonyl (C=O) groups is 1. The fraction of sp³-hybridized carbons (Fsp3) is 0.552. The zero-order chi connectivity index (χ0) is 25.3. The monoisotopic (exact) mass is 503 g/mol. The van der Waals surface area contributed by atoms with E-state index in [-0.39, 0.29) is 5.91 Å². The summed E-state index contributed by atoms with van der Waals surface area (Å²) in [6.07, 6.45) is 19.0. The molecule has 198 valence electrons. The molecule has 0 unspecified atom stereocenters. The molecule has 37 heavy (non-hydrogen) atoms. The quantitative estimate of drug-likeness (QED) is 0.308. The van der Waals surface area contributed by atoms with Crippen LogP contribution in [0.1, 0.15) is 85.4 Å². The van der Waals surface area contributed by atoms with Gasteiger partial charge in [-0.25, -0.2) is 9.97 Å².